The Morgan fingerprint density at radius 2 is 1.79 bits per heavy atom. The molecule has 1 aliphatic carbocycles. The minimum Gasteiger partial charge on any atom is -0.508 e. The molecule has 1 fully saturated rings. The molecule has 0 saturated carbocycles. The van der Waals surface area contributed by atoms with Crippen LogP contribution in [-0.2, 0) is 21.5 Å². The number of fused-ring (bicyclic) bond motifs is 3. The highest BCUT2D eigenvalue weighted by molar-refractivity contribution is 5.87. The number of phenolic OH excluding ortho intramolecular Hbond substituents is 1. The van der Waals surface area contributed by atoms with E-state index < -0.39 is 0 Å². The summed E-state index contributed by atoms with van der Waals surface area (Å²) in [6, 6.07) is 20.5. The third kappa shape index (κ3) is 3.87. The Hall–Kier alpha value is -2.89. The molecule has 2 aliphatic rings. The van der Waals surface area contributed by atoms with Crippen molar-refractivity contribution in [3.05, 3.63) is 77.4 Å². The second-order valence-electron chi connectivity index (χ2n) is 9.58. The molecule has 1 aliphatic heterocycles. The van der Waals surface area contributed by atoms with Crippen molar-refractivity contribution in [3.8, 4) is 5.75 Å². The molecule has 1 heterocycles. The standard InChI is InChI=1S/C29H34N2O3/c1-3-26(33)30-27-22-11-7-8-12-24(22)29(28(27)34-4-2)15-17-31(18-16-29)19-23-21-10-6-5-9-20(21)13-14-25(23)32/h5-14,27-28,32H,3-4,15-19H2,1-2H3,(H,30,33)/t27-,28+/m1/s1. The van der Waals surface area contributed by atoms with Gasteiger partial charge in [-0.3, -0.25) is 9.69 Å². The number of phenols is 1. The van der Waals surface area contributed by atoms with Crippen LogP contribution in [0.4, 0.5) is 0 Å². The largest absolute Gasteiger partial charge is 0.508 e. The van der Waals surface area contributed by atoms with E-state index in [0.717, 1.165) is 48.8 Å². The summed E-state index contributed by atoms with van der Waals surface area (Å²) in [6.07, 6.45) is 2.31. The van der Waals surface area contributed by atoms with Gasteiger partial charge in [0.15, 0.2) is 0 Å². The monoisotopic (exact) mass is 458 g/mol. The van der Waals surface area contributed by atoms with Gasteiger partial charge in [-0.05, 0) is 60.8 Å². The molecule has 5 rings (SSSR count). The molecule has 2 N–H and O–H groups in total. The first-order valence-corrected chi connectivity index (χ1v) is 12.5. The average Bonchev–Trinajstić information content (AvgIpc) is 3.11. The van der Waals surface area contributed by atoms with Crippen LogP contribution in [0.3, 0.4) is 0 Å². The van der Waals surface area contributed by atoms with Crippen LogP contribution >= 0.6 is 0 Å². The number of hydrogen-bond acceptors (Lipinski definition) is 4. The number of rotatable bonds is 6. The molecule has 178 valence electrons. The Bertz CT molecular complexity index is 1180. The van der Waals surface area contributed by atoms with Crippen molar-refractivity contribution in [1.29, 1.82) is 0 Å². The minimum atomic E-state index is -0.115. The molecule has 1 saturated heterocycles. The minimum absolute atomic E-state index is 0.0606. The molecule has 1 amide bonds. The van der Waals surface area contributed by atoms with Gasteiger partial charge in [-0.25, -0.2) is 0 Å². The maximum absolute atomic E-state index is 12.4. The molecule has 3 aromatic carbocycles. The molecule has 5 heteroatoms. The highest BCUT2D eigenvalue weighted by Gasteiger charge is 2.54. The van der Waals surface area contributed by atoms with Crippen molar-refractivity contribution >= 4 is 16.7 Å². The number of hydrogen-bond donors (Lipinski definition) is 2. The Morgan fingerprint density at radius 1 is 1.06 bits per heavy atom. The number of carbonyl (C=O) groups is 1. The number of benzene rings is 3. The zero-order chi connectivity index (χ0) is 23.7. The Morgan fingerprint density at radius 3 is 2.56 bits per heavy atom. The van der Waals surface area contributed by atoms with Gasteiger partial charge in [0, 0.05) is 30.6 Å². The van der Waals surface area contributed by atoms with E-state index in [0.29, 0.717) is 18.8 Å². The second-order valence-corrected chi connectivity index (χ2v) is 9.58. The van der Waals surface area contributed by atoms with Gasteiger partial charge in [-0.15, -0.1) is 0 Å². The quantitative estimate of drug-likeness (QED) is 0.542. The zero-order valence-corrected chi connectivity index (χ0v) is 20.1. The molecule has 2 atom stereocenters. The number of likely N-dealkylation sites (tertiary alicyclic amines) is 1. The highest BCUT2D eigenvalue weighted by atomic mass is 16.5. The molecule has 0 unspecified atom stereocenters. The lowest BCUT2D eigenvalue weighted by molar-refractivity contribution is -0.123. The number of nitrogens with one attached hydrogen (secondary N) is 1. The van der Waals surface area contributed by atoms with E-state index in [1.807, 2.05) is 38.1 Å². The lowest BCUT2D eigenvalue weighted by atomic mass is 9.71. The molecule has 5 nitrogen and oxygen atoms in total. The van der Waals surface area contributed by atoms with Crippen molar-refractivity contribution in [3.63, 3.8) is 0 Å². The van der Waals surface area contributed by atoms with Crippen molar-refractivity contribution in [2.24, 2.45) is 0 Å². The molecule has 0 bridgehead atoms. The van der Waals surface area contributed by atoms with Crippen LogP contribution in [0.1, 0.15) is 55.8 Å². The van der Waals surface area contributed by atoms with Crippen LogP contribution in [0.15, 0.2) is 60.7 Å². The van der Waals surface area contributed by atoms with Crippen LogP contribution in [0.25, 0.3) is 10.8 Å². The number of amides is 1. The number of ether oxygens (including phenoxy) is 1. The zero-order valence-electron chi connectivity index (χ0n) is 20.1. The highest BCUT2D eigenvalue weighted by Crippen LogP contribution is 2.52. The van der Waals surface area contributed by atoms with Gasteiger partial charge in [-0.1, -0.05) is 61.5 Å². The first-order valence-electron chi connectivity index (χ1n) is 12.5. The summed E-state index contributed by atoms with van der Waals surface area (Å²) in [5.41, 5.74) is 3.40. The van der Waals surface area contributed by atoms with Crippen molar-refractivity contribution in [2.45, 2.75) is 57.2 Å². The third-order valence-corrected chi connectivity index (χ3v) is 7.81. The first kappa shape index (κ1) is 22.9. The topological polar surface area (TPSA) is 61.8 Å². The van der Waals surface area contributed by atoms with E-state index in [1.165, 1.54) is 11.1 Å². The number of aromatic hydroxyl groups is 1. The maximum atomic E-state index is 12.4. The van der Waals surface area contributed by atoms with Crippen LogP contribution < -0.4 is 5.32 Å². The van der Waals surface area contributed by atoms with Gasteiger partial charge in [0.1, 0.15) is 5.75 Å². The summed E-state index contributed by atoms with van der Waals surface area (Å²) >= 11 is 0. The smallest absolute Gasteiger partial charge is 0.220 e. The Labute approximate surface area is 201 Å². The fourth-order valence-electron chi connectivity index (χ4n) is 6.10. The SMILES string of the molecule is CCO[C@H]1[C@H](NC(=O)CC)c2ccccc2C12CCN(Cc1c(O)ccc3ccccc13)CC2. The normalized spacial score (nSPS) is 21.6. The summed E-state index contributed by atoms with van der Waals surface area (Å²) in [5.74, 6) is 0.421. The van der Waals surface area contributed by atoms with Crippen molar-refractivity contribution in [1.82, 2.24) is 10.2 Å². The molecule has 1 spiro atoms. The van der Waals surface area contributed by atoms with E-state index in [1.54, 1.807) is 0 Å². The van der Waals surface area contributed by atoms with Crippen LogP contribution in [0.2, 0.25) is 0 Å². The Balaban J connectivity index is 1.42. The van der Waals surface area contributed by atoms with E-state index in [-0.39, 0.29) is 23.5 Å². The van der Waals surface area contributed by atoms with Gasteiger partial charge < -0.3 is 15.2 Å². The molecule has 34 heavy (non-hydrogen) atoms. The number of piperidine rings is 1. The van der Waals surface area contributed by atoms with Gasteiger partial charge in [-0.2, -0.15) is 0 Å². The lowest BCUT2D eigenvalue weighted by Gasteiger charge is -2.44. The Kier molecular flexibility index (Phi) is 6.32. The lowest BCUT2D eigenvalue weighted by Crippen LogP contribution is -2.50. The van der Waals surface area contributed by atoms with E-state index >= 15 is 0 Å². The fourth-order valence-corrected chi connectivity index (χ4v) is 6.10. The predicted octanol–water partition coefficient (Wildman–Crippen LogP) is 5.07. The number of nitrogens with zero attached hydrogens (tertiary/aromatic N) is 1. The van der Waals surface area contributed by atoms with Gasteiger partial charge >= 0.3 is 0 Å². The van der Waals surface area contributed by atoms with E-state index in [4.69, 9.17) is 4.74 Å². The van der Waals surface area contributed by atoms with Gasteiger partial charge in [0.05, 0.1) is 12.1 Å². The van der Waals surface area contributed by atoms with Gasteiger partial charge in [0.25, 0.3) is 0 Å². The van der Waals surface area contributed by atoms with Crippen LogP contribution in [0, 0.1) is 0 Å². The third-order valence-electron chi connectivity index (χ3n) is 7.81. The summed E-state index contributed by atoms with van der Waals surface area (Å²) in [6.45, 7) is 7.09. The molecule has 3 aromatic rings. The average molecular weight is 459 g/mol. The van der Waals surface area contributed by atoms with E-state index in [2.05, 4.69) is 46.6 Å². The first-order chi connectivity index (χ1) is 16.6. The summed E-state index contributed by atoms with van der Waals surface area (Å²) in [7, 11) is 0. The van der Waals surface area contributed by atoms with Crippen molar-refractivity contribution < 1.29 is 14.6 Å². The molecule has 0 radical (unpaired) electrons. The number of carbonyl (C=O) groups excluding carboxylic acids is 1. The fraction of sp³-hybridized carbons (Fsp3) is 0.414. The molecule has 0 aromatic heterocycles. The molecular weight excluding hydrogens is 424 g/mol. The van der Waals surface area contributed by atoms with Crippen LogP contribution in [0.5, 0.6) is 5.75 Å². The molecular formula is C29H34N2O3. The maximum Gasteiger partial charge on any atom is 0.220 e. The summed E-state index contributed by atoms with van der Waals surface area (Å²) in [5, 5.41) is 16.2. The summed E-state index contributed by atoms with van der Waals surface area (Å²) in [4.78, 5) is 14.8. The predicted molar refractivity (Wildman–Crippen MR) is 135 cm³/mol. The summed E-state index contributed by atoms with van der Waals surface area (Å²) < 4.78 is 6.39. The van der Waals surface area contributed by atoms with Gasteiger partial charge in [0.2, 0.25) is 5.91 Å². The second kappa shape index (κ2) is 9.40. The van der Waals surface area contributed by atoms with Crippen molar-refractivity contribution in [2.75, 3.05) is 19.7 Å². The van der Waals surface area contributed by atoms with Crippen LogP contribution in [-0.4, -0.2) is 41.7 Å². The van der Waals surface area contributed by atoms with E-state index in [9.17, 15) is 9.90 Å².